The fraction of sp³-hybridized carbons (Fsp3) is 0.333. The summed E-state index contributed by atoms with van der Waals surface area (Å²) in [5.74, 6) is -1.79. The number of rotatable bonds is 10. The highest BCUT2D eigenvalue weighted by molar-refractivity contribution is 8.02. The van der Waals surface area contributed by atoms with Gasteiger partial charge in [0.15, 0.2) is 10.8 Å². The maximum Gasteiger partial charge on any atom is 0.404 e. The number of allylic oxidation sites excluding steroid dienone is 1. The first-order chi connectivity index (χ1) is 16.2. The molecule has 2 aliphatic rings. The summed E-state index contributed by atoms with van der Waals surface area (Å²) in [4.78, 5) is 57.9. The molecule has 6 N–H and O–H groups in total. The van der Waals surface area contributed by atoms with Crippen molar-refractivity contribution in [3.05, 3.63) is 33.8 Å². The Hall–Kier alpha value is -3.24. The van der Waals surface area contributed by atoms with E-state index >= 15 is 0 Å². The predicted molar refractivity (Wildman–Crippen MR) is 127 cm³/mol. The summed E-state index contributed by atoms with van der Waals surface area (Å²) >= 11 is 3.72. The van der Waals surface area contributed by atoms with Crippen LogP contribution in [0.3, 0.4) is 0 Å². The molecule has 13 nitrogen and oxygen atoms in total. The van der Waals surface area contributed by atoms with Crippen LogP contribution in [0.1, 0.15) is 5.69 Å². The smallest absolute Gasteiger partial charge is 0.404 e. The lowest BCUT2D eigenvalue weighted by Gasteiger charge is -2.49. The van der Waals surface area contributed by atoms with Crippen LogP contribution in [0.5, 0.6) is 0 Å². The number of nitrogen functional groups attached to an aromatic ring is 1. The number of aliphatic carboxylic acids is 1. The van der Waals surface area contributed by atoms with Crippen molar-refractivity contribution in [2.24, 2.45) is 10.9 Å². The average Bonchev–Trinajstić information content (AvgIpc) is 3.22. The lowest BCUT2D eigenvalue weighted by molar-refractivity contribution is -0.150. The van der Waals surface area contributed by atoms with E-state index in [9.17, 15) is 24.3 Å². The average molecular weight is 529 g/mol. The molecule has 2 aliphatic heterocycles. The Morgan fingerprint density at radius 2 is 2.24 bits per heavy atom. The van der Waals surface area contributed by atoms with Gasteiger partial charge in [-0.2, -0.15) is 0 Å². The summed E-state index contributed by atoms with van der Waals surface area (Å²) in [6.45, 7) is 0.111. The van der Waals surface area contributed by atoms with Gasteiger partial charge in [0.1, 0.15) is 36.5 Å². The molecule has 1 saturated heterocycles. The fourth-order valence-electron chi connectivity index (χ4n) is 3.06. The number of thiazole rings is 1. The van der Waals surface area contributed by atoms with Gasteiger partial charge in [-0.25, -0.2) is 14.6 Å². The Morgan fingerprint density at radius 3 is 2.85 bits per heavy atom. The van der Waals surface area contributed by atoms with Gasteiger partial charge >= 0.3 is 12.1 Å². The van der Waals surface area contributed by atoms with E-state index in [2.05, 4.69) is 20.2 Å². The van der Waals surface area contributed by atoms with Crippen molar-refractivity contribution in [3.63, 3.8) is 0 Å². The lowest BCUT2D eigenvalue weighted by Crippen LogP contribution is -2.71. The fourth-order valence-corrected chi connectivity index (χ4v) is 5.50. The van der Waals surface area contributed by atoms with E-state index in [0.29, 0.717) is 17.1 Å². The molecule has 3 heterocycles. The van der Waals surface area contributed by atoms with E-state index in [-0.39, 0.29) is 28.8 Å². The molecule has 16 heteroatoms. The van der Waals surface area contributed by atoms with Gasteiger partial charge in [-0.1, -0.05) is 5.16 Å². The summed E-state index contributed by atoms with van der Waals surface area (Å²) < 4.78 is 4.61. The van der Waals surface area contributed by atoms with E-state index < -0.39 is 35.3 Å². The van der Waals surface area contributed by atoms with Gasteiger partial charge in [0.2, 0.25) is 0 Å². The van der Waals surface area contributed by atoms with Gasteiger partial charge in [-0.3, -0.25) is 14.5 Å². The highest BCUT2D eigenvalue weighted by atomic mass is 32.2. The number of amides is 3. The molecule has 1 aromatic rings. The number of nitrogens with zero attached hydrogens (tertiary/aromatic N) is 3. The summed E-state index contributed by atoms with van der Waals surface area (Å²) in [5.41, 5.74) is 10.8. The third-order valence-corrected chi connectivity index (χ3v) is 7.17. The number of aromatic nitrogens is 1. The minimum absolute atomic E-state index is 0.111. The molecule has 0 aliphatic carbocycles. The molecule has 0 unspecified atom stereocenters. The maximum absolute atomic E-state index is 12.8. The molecule has 0 radical (unpaired) electrons. The third kappa shape index (κ3) is 5.63. The van der Waals surface area contributed by atoms with E-state index in [0.717, 1.165) is 16.2 Å². The first kappa shape index (κ1) is 25.4. The van der Waals surface area contributed by atoms with E-state index in [1.807, 2.05) is 0 Å². The van der Waals surface area contributed by atoms with Gasteiger partial charge in [0.25, 0.3) is 11.8 Å². The molecule has 0 aromatic carbocycles. The number of carboxylic acids is 1. The minimum atomic E-state index is -1.26. The van der Waals surface area contributed by atoms with Crippen molar-refractivity contribution in [2.45, 2.75) is 11.4 Å². The number of primary amides is 1. The van der Waals surface area contributed by atoms with Crippen molar-refractivity contribution < 1.29 is 33.9 Å². The number of carboxylic acid groups (broad SMARTS) is 1. The number of nitrogens with two attached hydrogens (primary N) is 2. The molecular weight excluding hydrogens is 508 g/mol. The molecule has 1 fully saturated rings. The summed E-state index contributed by atoms with van der Waals surface area (Å²) in [7, 11) is 1.26. The lowest BCUT2D eigenvalue weighted by atomic mass is 10.0. The standard InChI is InChI=1S/C18H20N6O7S3/c1-30-23-10(9-7-34-17(19)21-9)13(25)22-11-14(26)24-12(16(27)28)8(6-33-15(11)24)2-4-32-5-3-31-18(20)29/h2,4,7,11,15H,3,5-6H2,1H3,(H2,19,21)(H2,20,29)(H,22,25)(H,27,28)/b4-2+,23-10?/t11-,15-/m1/s1. The Morgan fingerprint density at radius 1 is 1.47 bits per heavy atom. The highest BCUT2D eigenvalue weighted by Crippen LogP contribution is 2.40. The summed E-state index contributed by atoms with van der Waals surface area (Å²) in [6.07, 6.45) is 0.723. The van der Waals surface area contributed by atoms with Gasteiger partial charge < -0.3 is 31.5 Å². The Bertz CT molecular complexity index is 1090. The molecule has 0 saturated carbocycles. The van der Waals surface area contributed by atoms with Crippen LogP contribution < -0.4 is 16.8 Å². The van der Waals surface area contributed by atoms with Crippen molar-refractivity contribution in [1.82, 2.24) is 15.2 Å². The molecule has 3 amide bonds. The second kappa shape index (κ2) is 11.3. The highest BCUT2D eigenvalue weighted by Gasteiger charge is 2.54. The van der Waals surface area contributed by atoms with E-state index in [1.54, 1.807) is 11.5 Å². The number of hydrogen-bond donors (Lipinski definition) is 4. The zero-order valence-electron chi connectivity index (χ0n) is 17.6. The number of carbonyl (C=O) groups is 4. The largest absolute Gasteiger partial charge is 0.477 e. The van der Waals surface area contributed by atoms with Gasteiger partial charge in [0, 0.05) is 16.9 Å². The Balaban J connectivity index is 1.69. The molecular formula is C18H20N6O7S3. The zero-order valence-corrected chi connectivity index (χ0v) is 20.1. The molecule has 1 aromatic heterocycles. The van der Waals surface area contributed by atoms with Crippen molar-refractivity contribution >= 4 is 69.6 Å². The zero-order chi connectivity index (χ0) is 24.8. The van der Waals surface area contributed by atoms with Crippen LogP contribution in [0.2, 0.25) is 0 Å². The molecule has 0 spiro atoms. The number of anilines is 1. The quantitative estimate of drug-likeness (QED) is 0.139. The van der Waals surface area contributed by atoms with Crippen LogP contribution in [0.4, 0.5) is 9.93 Å². The predicted octanol–water partition coefficient (Wildman–Crippen LogP) is 0.157. The number of nitrogens with one attached hydrogen (secondary N) is 1. The van der Waals surface area contributed by atoms with Crippen LogP contribution in [0, 0.1) is 0 Å². The normalized spacial score (nSPS) is 20.1. The van der Waals surface area contributed by atoms with Gasteiger partial charge in [-0.15, -0.1) is 34.9 Å². The third-order valence-electron chi connectivity index (χ3n) is 4.46. The molecule has 0 bridgehead atoms. The van der Waals surface area contributed by atoms with Crippen LogP contribution in [-0.2, 0) is 24.0 Å². The van der Waals surface area contributed by atoms with Gasteiger partial charge in [-0.05, 0) is 17.1 Å². The molecule has 34 heavy (non-hydrogen) atoms. The minimum Gasteiger partial charge on any atom is -0.477 e. The summed E-state index contributed by atoms with van der Waals surface area (Å²) in [5, 5.41) is 18.8. The van der Waals surface area contributed by atoms with Gasteiger partial charge in [0.05, 0.1) is 0 Å². The molecule has 3 rings (SSSR count). The summed E-state index contributed by atoms with van der Waals surface area (Å²) in [6, 6.07) is -0.948. The van der Waals surface area contributed by atoms with Crippen molar-refractivity contribution in [1.29, 1.82) is 0 Å². The first-order valence-corrected chi connectivity index (χ1v) is 12.5. The van der Waals surface area contributed by atoms with Crippen LogP contribution in [0.25, 0.3) is 0 Å². The van der Waals surface area contributed by atoms with Crippen LogP contribution >= 0.6 is 34.9 Å². The molecule has 2 atom stereocenters. The first-order valence-electron chi connectivity index (χ1n) is 9.49. The van der Waals surface area contributed by atoms with E-state index in [1.165, 1.54) is 36.0 Å². The monoisotopic (exact) mass is 528 g/mol. The number of hydrogen-bond acceptors (Lipinski definition) is 12. The second-order valence-electron chi connectivity index (χ2n) is 6.57. The number of ether oxygens (including phenoxy) is 1. The Labute approximate surface area is 205 Å². The topological polar surface area (TPSA) is 200 Å². The number of carbonyl (C=O) groups excluding carboxylic acids is 3. The number of oxime groups is 1. The second-order valence-corrected chi connectivity index (χ2v) is 9.58. The van der Waals surface area contributed by atoms with E-state index in [4.69, 9.17) is 16.3 Å². The maximum atomic E-state index is 12.8. The van der Waals surface area contributed by atoms with Crippen molar-refractivity contribution in [3.8, 4) is 0 Å². The Kier molecular flexibility index (Phi) is 8.41. The molecule has 182 valence electrons. The number of β-lactam (4-membered cyclic amide) rings is 1. The van der Waals surface area contributed by atoms with Crippen LogP contribution in [-0.4, -0.2) is 81.2 Å². The SMILES string of the molecule is CON=C(C(=O)N[C@@H]1C(=O)N2C(C(=O)O)=C(/C=C/SCCOC(N)=O)CS[C@H]12)c1csc(N)n1. The number of fused-ring (bicyclic) bond motifs is 1. The van der Waals surface area contributed by atoms with Crippen molar-refractivity contribution in [2.75, 3.05) is 31.0 Å². The van der Waals surface area contributed by atoms with Crippen LogP contribution in [0.15, 0.2) is 33.3 Å². The number of thioether (sulfide) groups is 2.